The summed E-state index contributed by atoms with van der Waals surface area (Å²) in [5, 5.41) is 11.1. The van der Waals surface area contributed by atoms with Crippen LogP contribution in [-0.4, -0.2) is 14.7 Å². The minimum Gasteiger partial charge on any atom is -0.390 e. The summed E-state index contributed by atoms with van der Waals surface area (Å²) in [6.07, 6.45) is 1.91. The highest BCUT2D eigenvalue weighted by Gasteiger charge is 2.10. The van der Waals surface area contributed by atoms with E-state index in [0.717, 1.165) is 28.0 Å². The first kappa shape index (κ1) is 17.1. The fourth-order valence-electron chi connectivity index (χ4n) is 2.40. The Bertz CT molecular complexity index is 814. The first-order valence-electron chi connectivity index (χ1n) is 7.74. The van der Waals surface area contributed by atoms with Crippen molar-refractivity contribution >= 4 is 23.4 Å². The zero-order valence-corrected chi connectivity index (χ0v) is 15.0. The molecule has 1 N–H and O–H groups in total. The molecule has 0 aliphatic rings. The Balaban J connectivity index is 1.78. The minimum absolute atomic E-state index is 0.0550. The monoisotopic (exact) mass is 358 g/mol. The second kappa shape index (κ2) is 7.88. The van der Waals surface area contributed by atoms with Gasteiger partial charge in [0.05, 0.1) is 12.3 Å². The average molecular weight is 359 g/mol. The van der Waals surface area contributed by atoms with Gasteiger partial charge in [-0.05, 0) is 24.1 Å². The van der Waals surface area contributed by atoms with Crippen molar-refractivity contribution in [3.05, 3.63) is 82.1 Å². The van der Waals surface area contributed by atoms with Gasteiger partial charge in [0.2, 0.25) is 0 Å². The maximum atomic E-state index is 9.40. The number of nitrogens with zero attached hydrogens (tertiary/aromatic N) is 2. The number of rotatable bonds is 6. The Morgan fingerprint density at radius 1 is 1.12 bits per heavy atom. The number of aliphatic hydroxyl groups is 1. The summed E-state index contributed by atoms with van der Waals surface area (Å²) in [7, 11) is 0. The molecule has 1 heterocycles. The molecule has 0 fully saturated rings. The van der Waals surface area contributed by atoms with Crippen molar-refractivity contribution < 1.29 is 5.11 Å². The van der Waals surface area contributed by atoms with Crippen LogP contribution in [0, 0.1) is 6.92 Å². The normalized spacial score (nSPS) is 11.0. The molecule has 0 atom stereocenters. The van der Waals surface area contributed by atoms with Gasteiger partial charge in [0, 0.05) is 23.5 Å². The van der Waals surface area contributed by atoms with Gasteiger partial charge >= 0.3 is 0 Å². The maximum absolute atomic E-state index is 9.40. The highest BCUT2D eigenvalue weighted by Crippen LogP contribution is 2.27. The number of imidazole rings is 1. The van der Waals surface area contributed by atoms with Gasteiger partial charge in [0.25, 0.3) is 0 Å². The molecule has 0 bridgehead atoms. The van der Waals surface area contributed by atoms with Crippen molar-refractivity contribution in [1.29, 1.82) is 0 Å². The van der Waals surface area contributed by atoms with E-state index in [9.17, 15) is 5.11 Å². The number of aryl methyl sites for hydroxylation is 1. The average Bonchev–Trinajstić information content (AvgIpc) is 2.98. The molecule has 3 aromatic rings. The topological polar surface area (TPSA) is 38.0 Å². The molecule has 0 aliphatic heterocycles. The van der Waals surface area contributed by atoms with E-state index in [0.29, 0.717) is 5.69 Å². The SMILES string of the molecule is Cc1ccc(Cn2cc(CO)nc2SCc2ccccc2Cl)cc1. The van der Waals surface area contributed by atoms with Crippen LogP contribution < -0.4 is 0 Å². The molecule has 0 aliphatic carbocycles. The Labute approximate surface area is 151 Å². The molecule has 3 rings (SSSR count). The van der Waals surface area contributed by atoms with Crippen molar-refractivity contribution in [3.8, 4) is 0 Å². The van der Waals surface area contributed by atoms with Gasteiger partial charge in [0.1, 0.15) is 0 Å². The van der Waals surface area contributed by atoms with Gasteiger partial charge in [-0.3, -0.25) is 0 Å². The third-order valence-electron chi connectivity index (χ3n) is 3.74. The van der Waals surface area contributed by atoms with E-state index in [1.54, 1.807) is 11.8 Å². The highest BCUT2D eigenvalue weighted by atomic mass is 35.5. The van der Waals surface area contributed by atoms with Gasteiger partial charge in [-0.1, -0.05) is 71.4 Å². The summed E-state index contributed by atoms with van der Waals surface area (Å²) in [5.41, 5.74) is 4.22. The fourth-order valence-corrected chi connectivity index (χ4v) is 3.69. The maximum Gasteiger partial charge on any atom is 0.168 e. The first-order valence-corrected chi connectivity index (χ1v) is 9.10. The zero-order chi connectivity index (χ0) is 16.9. The van der Waals surface area contributed by atoms with E-state index in [1.165, 1.54) is 11.1 Å². The van der Waals surface area contributed by atoms with Crippen LogP contribution in [0.5, 0.6) is 0 Å². The van der Waals surface area contributed by atoms with Crippen molar-refractivity contribution in [2.45, 2.75) is 31.0 Å². The molecular formula is C19H19ClN2OS. The van der Waals surface area contributed by atoms with Crippen LogP contribution in [0.2, 0.25) is 5.02 Å². The lowest BCUT2D eigenvalue weighted by molar-refractivity contribution is 0.277. The molecule has 1 aromatic heterocycles. The second-order valence-corrected chi connectivity index (χ2v) is 7.02. The van der Waals surface area contributed by atoms with Gasteiger partial charge in [-0.25, -0.2) is 4.98 Å². The molecule has 0 radical (unpaired) electrons. The molecule has 24 heavy (non-hydrogen) atoms. The number of aliphatic hydroxyl groups excluding tert-OH is 1. The van der Waals surface area contributed by atoms with Gasteiger partial charge in [-0.15, -0.1) is 0 Å². The second-order valence-electron chi connectivity index (χ2n) is 5.67. The van der Waals surface area contributed by atoms with Crippen LogP contribution in [0.25, 0.3) is 0 Å². The number of aromatic nitrogens is 2. The highest BCUT2D eigenvalue weighted by molar-refractivity contribution is 7.98. The lowest BCUT2D eigenvalue weighted by Gasteiger charge is -2.08. The number of benzene rings is 2. The summed E-state index contributed by atoms with van der Waals surface area (Å²) >= 11 is 7.86. The van der Waals surface area contributed by atoms with E-state index in [1.807, 2.05) is 30.5 Å². The van der Waals surface area contributed by atoms with Gasteiger partial charge in [-0.2, -0.15) is 0 Å². The Morgan fingerprint density at radius 2 is 1.88 bits per heavy atom. The Morgan fingerprint density at radius 3 is 2.58 bits per heavy atom. The molecule has 0 saturated carbocycles. The number of hydrogen-bond acceptors (Lipinski definition) is 3. The zero-order valence-electron chi connectivity index (χ0n) is 13.4. The van der Waals surface area contributed by atoms with Crippen molar-refractivity contribution in [1.82, 2.24) is 9.55 Å². The number of thioether (sulfide) groups is 1. The molecule has 0 amide bonds. The Hall–Kier alpha value is -1.75. The number of halogens is 1. The standard InChI is InChI=1S/C19H19ClN2OS/c1-14-6-8-15(9-7-14)10-22-11-17(12-23)21-19(22)24-13-16-4-2-3-5-18(16)20/h2-9,11,23H,10,12-13H2,1H3. The molecule has 0 saturated heterocycles. The fraction of sp³-hybridized carbons (Fsp3) is 0.211. The molecule has 0 spiro atoms. The van der Waals surface area contributed by atoms with E-state index in [-0.39, 0.29) is 6.61 Å². The summed E-state index contributed by atoms with van der Waals surface area (Å²) in [6, 6.07) is 16.3. The lowest BCUT2D eigenvalue weighted by Crippen LogP contribution is -2.00. The Kier molecular flexibility index (Phi) is 5.61. The smallest absolute Gasteiger partial charge is 0.168 e. The molecule has 124 valence electrons. The van der Waals surface area contributed by atoms with Gasteiger partial charge < -0.3 is 9.67 Å². The third kappa shape index (κ3) is 4.20. The van der Waals surface area contributed by atoms with Crippen LogP contribution in [0.1, 0.15) is 22.4 Å². The summed E-state index contributed by atoms with van der Waals surface area (Å²) in [4.78, 5) is 4.52. The molecule has 5 heteroatoms. The molecule has 3 nitrogen and oxygen atoms in total. The number of hydrogen-bond donors (Lipinski definition) is 1. The lowest BCUT2D eigenvalue weighted by atomic mass is 10.1. The third-order valence-corrected chi connectivity index (χ3v) is 5.15. The summed E-state index contributed by atoms with van der Waals surface area (Å²) in [5.74, 6) is 0.745. The van der Waals surface area contributed by atoms with Gasteiger partial charge in [0.15, 0.2) is 5.16 Å². The van der Waals surface area contributed by atoms with Crippen LogP contribution in [0.3, 0.4) is 0 Å². The van der Waals surface area contributed by atoms with Crippen molar-refractivity contribution in [2.24, 2.45) is 0 Å². The van der Waals surface area contributed by atoms with E-state index in [4.69, 9.17) is 11.6 Å². The quantitative estimate of drug-likeness (QED) is 0.650. The van der Waals surface area contributed by atoms with Crippen molar-refractivity contribution in [3.63, 3.8) is 0 Å². The van der Waals surface area contributed by atoms with Crippen LogP contribution in [-0.2, 0) is 18.9 Å². The predicted octanol–water partition coefficient (Wildman–Crippen LogP) is 4.68. The van der Waals surface area contributed by atoms with Crippen LogP contribution >= 0.6 is 23.4 Å². The minimum atomic E-state index is -0.0550. The largest absolute Gasteiger partial charge is 0.390 e. The van der Waals surface area contributed by atoms with Crippen molar-refractivity contribution in [2.75, 3.05) is 0 Å². The first-order chi connectivity index (χ1) is 11.7. The van der Waals surface area contributed by atoms with Crippen LogP contribution in [0.15, 0.2) is 59.9 Å². The molecular weight excluding hydrogens is 340 g/mol. The molecule has 2 aromatic carbocycles. The summed E-state index contributed by atoms with van der Waals surface area (Å²) < 4.78 is 2.08. The van der Waals surface area contributed by atoms with E-state index in [2.05, 4.69) is 40.7 Å². The molecule has 0 unspecified atom stereocenters. The summed E-state index contributed by atoms with van der Waals surface area (Å²) in [6.45, 7) is 2.76. The van der Waals surface area contributed by atoms with E-state index < -0.39 is 0 Å². The van der Waals surface area contributed by atoms with E-state index >= 15 is 0 Å². The van der Waals surface area contributed by atoms with Crippen LogP contribution in [0.4, 0.5) is 0 Å². The predicted molar refractivity (Wildman–Crippen MR) is 99.4 cm³/mol.